The van der Waals surface area contributed by atoms with E-state index >= 15 is 0 Å². The number of rotatable bonds is 6. The van der Waals surface area contributed by atoms with Crippen molar-refractivity contribution in [2.24, 2.45) is 13.0 Å². The molecule has 21 heavy (non-hydrogen) atoms. The molecule has 116 valence electrons. The standard InChI is InChI=1S/C14H22N4O3/c1-4-10-7-11(18(3)17-10)8-15-13(21)16-14(2,12(19)20)9-5-6-9/h7,9H,4-6,8H2,1-3H3,(H,19,20)(H2,15,16,21). The van der Waals surface area contributed by atoms with Crippen LogP contribution in [0, 0.1) is 5.92 Å². The van der Waals surface area contributed by atoms with Crippen LogP contribution < -0.4 is 10.6 Å². The third kappa shape index (κ3) is 3.34. The molecule has 1 aliphatic rings. The van der Waals surface area contributed by atoms with Gasteiger partial charge in [-0.2, -0.15) is 5.10 Å². The van der Waals surface area contributed by atoms with Crippen molar-refractivity contribution in [1.82, 2.24) is 20.4 Å². The van der Waals surface area contributed by atoms with E-state index in [9.17, 15) is 14.7 Å². The molecule has 1 aromatic rings. The number of aryl methyl sites for hydroxylation is 2. The van der Waals surface area contributed by atoms with Gasteiger partial charge in [0.15, 0.2) is 0 Å². The Hall–Kier alpha value is -2.05. The molecule has 1 fully saturated rings. The van der Waals surface area contributed by atoms with Crippen molar-refractivity contribution in [2.75, 3.05) is 0 Å². The normalized spacial score (nSPS) is 17.1. The summed E-state index contributed by atoms with van der Waals surface area (Å²) in [7, 11) is 1.82. The van der Waals surface area contributed by atoms with Crippen LogP contribution in [0.15, 0.2) is 6.07 Å². The highest BCUT2D eigenvalue weighted by Gasteiger charge is 2.48. The molecule has 1 aliphatic carbocycles. The maximum Gasteiger partial charge on any atom is 0.329 e. The van der Waals surface area contributed by atoms with E-state index in [0.29, 0.717) is 6.54 Å². The summed E-state index contributed by atoms with van der Waals surface area (Å²) in [6, 6.07) is 1.46. The quantitative estimate of drug-likeness (QED) is 0.730. The van der Waals surface area contributed by atoms with Gasteiger partial charge in [-0.1, -0.05) is 6.92 Å². The van der Waals surface area contributed by atoms with Crippen LogP contribution in [0.1, 0.15) is 38.1 Å². The minimum Gasteiger partial charge on any atom is -0.480 e. The third-order valence-electron chi connectivity index (χ3n) is 4.03. The van der Waals surface area contributed by atoms with Gasteiger partial charge >= 0.3 is 12.0 Å². The molecule has 0 radical (unpaired) electrons. The predicted molar refractivity (Wildman–Crippen MR) is 76.7 cm³/mol. The monoisotopic (exact) mass is 294 g/mol. The molecule has 1 saturated carbocycles. The number of hydrogen-bond donors (Lipinski definition) is 3. The summed E-state index contributed by atoms with van der Waals surface area (Å²) in [6.45, 7) is 3.89. The summed E-state index contributed by atoms with van der Waals surface area (Å²) >= 11 is 0. The van der Waals surface area contributed by atoms with Crippen molar-refractivity contribution in [1.29, 1.82) is 0 Å². The summed E-state index contributed by atoms with van der Waals surface area (Å²) in [4.78, 5) is 23.3. The lowest BCUT2D eigenvalue weighted by Gasteiger charge is -2.26. The molecule has 7 nitrogen and oxygen atoms in total. The summed E-state index contributed by atoms with van der Waals surface area (Å²) in [5, 5.41) is 18.9. The Balaban J connectivity index is 1.92. The van der Waals surface area contributed by atoms with Crippen molar-refractivity contribution in [3.63, 3.8) is 0 Å². The number of carboxylic acid groups (broad SMARTS) is 1. The fourth-order valence-electron chi connectivity index (χ4n) is 2.35. The Morgan fingerprint density at radius 2 is 2.19 bits per heavy atom. The smallest absolute Gasteiger partial charge is 0.329 e. The second kappa shape index (κ2) is 5.75. The molecular weight excluding hydrogens is 272 g/mol. The zero-order valence-electron chi connectivity index (χ0n) is 12.6. The molecule has 0 aliphatic heterocycles. The SMILES string of the molecule is CCc1cc(CNC(=O)NC(C)(C(=O)O)C2CC2)n(C)n1. The average Bonchev–Trinajstić information content (AvgIpc) is 3.21. The van der Waals surface area contributed by atoms with Gasteiger partial charge in [0.25, 0.3) is 0 Å². The molecule has 2 amide bonds. The lowest BCUT2D eigenvalue weighted by molar-refractivity contribution is -0.144. The summed E-state index contributed by atoms with van der Waals surface area (Å²) in [6.07, 6.45) is 2.51. The Labute approximate surface area is 123 Å². The van der Waals surface area contributed by atoms with Gasteiger partial charge in [0, 0.05) is 7.05 Å². The number of aromatic nitrogens is 2. The van der Waals surface area contributed by atoms with Crippen molar-refractivity contribution in [3.05, 3.63) is 17.5 Å². The van der Waals surface area contributed by atoms with Gasteiger partial charge in [0.2, 0.25) is 0 Å². The van der Waals surface area contributed by atoms with E-state index in [-0.39, 0.29) is 5.92 Å². The highest BCUT2D eigenvalue weighted by Crippen LogP contribution is 2.39. The molecular formula is C14H22N4O3. The number of amides is 2. The first-order valence-corrected chi connectivity index (χ1v) is 7.18. The van der Waals surface area contributed by atoms with E-state index in [1.807, 2.05) is 20.0 Å². The minimum absolute atomic E-state index is 0.0177. The molecule has 3 N–H and O–H groups in total. The first-order chi connectivity index (χ1) is 9.86. The molecule has 0 bridgehead atoms. The van der Waals surface area contributed by atoms with Gasteiger partial charge in [0.05, 0.1) is 17.9 Å². The number of aliphatic carboxylic acids is 1. The van der Waals surface area contributed by atoms with Crippen LogP contribution >= 0.6 is 0 Å². The lowest BCUT2D eigenvalue weighted by Crippen LogP contribution is -2.56. The van der Waals surface area contributed by atoms with Crippen molar-refractivity contribution in [3.8, 4) is 0 Å². The predicted octanol–water partition coefficient (Wildman–Crippen LogP) is 1.03. The van der Waals surface area contributed by atoms with E-state index < -0.39 is 17.5 Å². The zero-order chi connectivity index (χ0) is 15.6. The van der Waals surface area contributed by atoms with Gasteiger partial charge in [-0.25, -0.2) is 9.59 Å². The lowest BCUT2D eigenvalue weighted by atomic mass is 9.96. The maximum absolute atomic E-state index is 11.9. The van der Waals surface area contributed by atoms with Crippen LogP contribution in [-0.4, -0.2) is 32.4 Å². The molecule has 1 atom stereocenters. The van der Waals surface area contributed by atoms with E-state index in [0.717, 1.165) is 30.7 Å². The Morgan fingerprint density at radius 3 is 2.67 bits per heavy atom. The molecule has 0 saturated heterocycles. The maximum atomic E-state index is 11.9. The van der Waals surface area contributed by atoms with Crippen LogP contribution in [0.2, 0.25) is 0 Å². The van der Waals surface area contributed by atoms with Crippen molar-refractivity contribution < 1.29 is 14.7 Å². The minimum atomic E-state index is -1.19. The summed E-state index contributed by atoms with van der Waals surface area (Å²) < 4.78 is 1.72. The van der Waals surface area contributed by atoms with Crippen molar-refractivity contribution >= 4 is 12.0 Å². The summed E-state index contributed by atoms with van der Waals surface area (Å²) in [5.74, 6) is -0.974. The first-order valence-electron chi connectivity index (χ1n) is 7.18. The number of carbonyl (C=O) groups is 2. The van der Waals surface area contributed by atoms with E-state index in [4.69, 9.17) is 0 Å². The molecule has 7 heteroatoms. The number of carboxylic acids is 1. The molecule has 1 aromatic heterocycles. The molecule has 0 aromatic carbocycles. The van der Waals surface area contributed by atoms with Crippen LogP contribution in [-0.2, 0) is 24.8 Å². The third-order valence-corrected chi connectivity index (χ3v) is 4.03. The number of urea groups is 1. The van der Waals surface area contributed by atoms with E-state index in [2.05, 4.69) is 15.7 Å². The van der Waals surface area contributed by atoms with Gasteiger partial charge in [-0.3, -0.25) is 4.68 Å². The summed E-state index contributed by atoms with van der Waals surface area (Å²) in [5.41, 5.74) is 0.652. The average molecular weight is 294 g/mol. The van der Waals surface area contributed by atoms with Crippen molar-refractivity contribution in [2.45, 2.75) is 45.2 Å². The number of nitrogens with one attached hydrogen (secondary N) is 2. The topological polar surface area (TPSA) is 96.3 Å². The Morgan fingerprint density at radius 1 is 1.52 bits per heavy atom. The fraction of sp³-hybridized carbons (Fsp3) is 0.643. The van der Waals surface area contributed by atoms with Crippen LogP contribution in [0.25, 0.3) is 0 Å². The van der Waals surface area contributed by atoms with Gasteiger partial charge in [-0.05, 0) is 38.2 Å². The first kappa shape index (κ1) is 15.3. The van der Waals surface area contributed by atoms with Crippen LogP contribution in [0.4, 0.5) is 4.79 Å². The highest BCUT2D eigenvalue weighted by molar-refractivity contribution is 5.86. The van der Waals surface area contributed by atoms with Crippen LogP contribution in [0.5, 0.6) is 0 Å². The highest BCUT2D eigenvalue weighted by atomic mass is 16.4. The zero-order valence-corrected chi connectivity index (χ0v) is 12.6. The Bertz CT molecular complexity index is 550. The number of nitrogens with zero attached hydrogens (tertiary/aromatic N) is 2. The molecule has 0 spiro atoms. The van der Waals surface area contributed by atoms with E-state index in [1.165, 1.54) is 0 Å². The molecule has 1 unspecified atom stereocenters. The molecule has 1 heterocycles. The van der Waals surface area contributed by atoms with Gasteiger partial charge < -0.3 is 15.7 Å². The fourth-order valence-corrected chi connectivity index (χ4v) is 2.35. The number of hydrogen-bond acceptors (Lipinski definition) is 3. The molecule has 2 rings (SSSR count). The second-order valence-corrected chi connectivity index (χ2v) is 5.69. The largest absolute Gasteiger partial charge is 0.480 e. The number of carbonyl (C=O) groups excluding carboxylic acids is 1. The van der Waals surface area contributed by atoms with Gasteiger partial charge in [0.1, 0.15) is 5.54 Å². The van der Waals surface area contributed by atoms with Crippen LogP contribution in [0.3, 0.4) is 0 Å². The second-order valence-electron chi connectivity index (χ2n) is 5.69. The van der Waals surface area contributed by atoms with E-state index in [1.54, 1.807) is 11.6 Å². The Kier molecular flexibility index (Phi) is 4.20. The van der Waals surface area contributed by atoms with Gasteiger partial charge in [-0.15, -0.1) is 0 Å².